The number of likely N-dealkylation sites (tertiary alicyclic amines) is 1. The highest BCUT2D eigenvalue weighted by Gasteiger charge is 2.42. The van der Waals surface area contributed by atoms with Crippen molar-refractivity contribution >= 4 is 5.91 Å². The van der Waals surface area contributed by atoms with Gasteiger partial charge in [0, 0.05) is 37.8 Å². The molecule has 146 valence electrons. The summed E-state index contributed by atoms with van der Waals surface area (Å²) >= 11 is 0. The lowest BCUT2D eigenvalue weighted by Crippen LogP contribution is -2.57. The lowest BCUT2D eigenvalue weighted by Gasteiger charge is -2.38. The molecule has 0 bridgehead atoms. The van der Waals surface area contributed by atoms with E-state index in [1.54, 1.807) is 25.2 Å². The number of methoxy groups -OCH3 is 2. The van der Waals surface area contributed by atoms with Crippen molar-refractivity contribution in [2.45, 2.75) is 31.5 Å². The molecule has 2 N–H and O–H groups in total. The number of amides is 1. The van der Waals surface area contributed by atoms with Gasteiger partial charge in [-0.25, -0.2) is 0 Å². The Morgan fingerprint density at radius 3 is 2.89 bits per heavy atom. The summed E-state index contributed by atoms with van der Waals surface area (Å²) in [7, 11) is 3.15. The Morgan fingerprint density at radius 1 is 1.33 bits per heavy atom. The highest BCUT2D eigenvalue weighted by molar-refractivity contribution is 5.86. The SMILES string of the molecule is COc1cccc(CN2CCCC(O)(CNCc3ccon3)C2=O)c1OC. The van der Waals surface area contributed by atoms with Crippen LogP contribution in [0.4, 0.5) is 0 Å². The van der Waals surface area contributed by atoms with Crippen molar-refractivity contribution in [3.63, 3.8) is 0 Å². The van der Waals surface area contributed by atoms with Crippen molar-refractivity contribution in [1.82, 2.24) is 15.4 Å². The number of benzene rings is 1. The van der Waals surface area contributed by atoms with Gasteiger partial charge in [0.15, 0.2) is 17.1 Å². The molecule has 0 radical (unpaired) electrons. The molecule has 8 heteroatoms. The van der Waals surface area contributed by atoms with Gasteiger partial charge >= 0.3 is 0 Å². The number of para-hydroxylation sites is 1. The second-order valence-corrected chi connectivity index (χ2v) is 6.61. The Bertz CT molecular complexity index is 765. The average molecular weight is 375 g/mol. The van der Waals surface area contributed by atoms with Gasteiger partial charge < -0.3 is 29.3 Å². The van der Waals surface area contributed by atoms with Crippen molar-refractivity contribution in [3.05, 3.63) is 41.8 Å². The van der Waals surface area contributed by atoms with Gasteiger partial charge in [-0.05, 0) is 18.9 Å². The van der Waals surface area contributed by atoms with Crippen LogP contribution in [0.5, 0.6) is 11.5 Å². The third-order valence-electron chi connectivity index (χ3n) is 4.76. The number of nitrogens with zero attached hydrogens (tertiary/aromatic N) is 2. The molecule has 0 saturated carbocycles. The molecule has 1 saturated heterocycles. The molecule has 1 aliphatic heterocycles. The monoisotopic (exact) mass is 375 g/mol. The van der Waals surface area contributed by atoms with Crippen LogP contribution in [0.2, 0.25) is 0 Å². The Balaban J connectivity index is 1.67. The Labute approximate surface area is 158 Å². The van der Waals surface area contributed by atoms with Crippen molar-refractivity contribution < 1.29 is 23.9 Å². The van der Waals surface area contributed by atoms with E-state index in [4.69, 9.17) is 14.0 Å². The maximum atomic E-state index is 12.9. The van der Waals surface area contributed by atoms with Gasteiger partial charge in [0.1, 0.15) is 6.26 Å². The number of rotatable bonds is 8. The van der Waals surface area contributed by atoms with Gasteiger partial charge in [0.2, 0.25) is 0 Å². The third-order valence-corrected chi connectivity index (χ3v) is 4.76. The van der Waals surface area contributed by atoms with Crippen LogP contribution in [0.1, 0.15) is 24.1 Å². The first-order valence-corrected chi connectivity index (χ1v) is 8.89. The predicted octanol–water partition coefficient (Wildman–Crippen LogP) is 1.34. The number of hydrogen-bond donors (Lipinski definition) is 2. The number of carbonyl (C=O) groups excluding carboxylic acids is 1. The third kappa shape index (κ3) is 4.23. The predicted molar refractivity (Wildman–Crippen MR) is 97.4 cm³/mol. The molecule has 1 amide bonds. The van der Waals surface area contributed by atoms with E-state index in [1.807, 2.05) is 18.2 Å². The molecular weight excluding hydrogens is 350 g/mol. The minimum atomic E-state index is -1.44. The molecule has 1 fully saturated rings. The highest BCUT2D eigenvalue weighted by atomic mass is 16.5. The van der Waals surface area contributed by atoms with E-state index in [0.29, 0.717) is 37.6 Å². The molecular formula is C19H25N3O5. The summed E-state index contributed by atoms with van der Waals surface area (Å²) in [4.78, 5) is 14.6. The molecule has 1 aromatic heterocycles. The first kappa shape index (κ1) is 19.2. The van der Waals surface area contributed by atoms with E-state index >= 15 is 0 Å². The lowest BCUT2D eigenvalue weighted by molar-refractivity contribution is -0.157. The zero-order valence-electron chi connectivity index (χ0n) is 15.6. The minimum Gasteiger partial charge on any atom is -0.493 e. The Morgan fingerprint density at radius 2 is 2.19 bits per heavy atom. The second-order valence-electron chi connectivity index (χ2n) is 6.61. The molecule has 0 aliphatic carbocycles. The Kier molecular flexibility index (Phi) is 5.98. The summed E-state index contributed by atoms with van der Waals surface area (Å²) in [5.74, 6) is 0.932. The molecule has 1 atom stereocenters. The molecule has 8 nitrogen and oxygen atoms in total. The second kappa shape index (κ2) is 8.41. The fourth-order valence-electron chi connectivity index (χ4n) is 3.39. The van der Waals surface area contributed by atoms with E-state index in [-0.39, 0.29) is 12.5 Å². The lowest BCUT2D eigenvalue weighted by atomic mass is 9.91. The fraction of sp³-hybridized carbons (Fsp3) is 0.474. The van der Waals surface area contributed by atoms with Crippen molar-refractivity contribution in [3.8, 4) is 11.5 Å². The summed E-state index contributed by atoms with van der Waals surface area (Å²) in [6.45, 7) is 1.52. The first-order chi connectivity index (χ1) is 13.1. The largest absolute Gasteiger partial charge is 0.493 e. The number of aromatic nitrogens is 1. The van der Waals surface area contributed by atoms with Crippen LogP contribution in [0.3, 0.4) is 0 Å². The maximum absolute atomic E-state index is 12.9. The van der Waals surface area contributed by atoms with Gasteiger partial charge in [0.05, 0.1) is 19.9 Å². The summed E-state index contributed by atoms with van der Waals surface area (Å²) in [6, 6.07) is 7.30. The molecule has 3 rings (SSSR count). The van der Waals surface area contributed by atoms with Crippen LogP contribution in [0.15, 0.2) is 35.1 Å². The minimum absolute atomic E-state index is 0.157. The molecule has 1 unspecified atom stereocenters. The summed E-state index contributed by atoms with van der Waals surface area (Å²) in [5.41, 5.74) is 0.124. The molecule has 2 aromatic rings. The molecule has 0 spiro atoms. The smallest absolute Gasteiger partial charge is 0.256 e. The zero-order valence-corrected chi connectivity index (χ0v) is 15.6. The van der Waals surface area contributed by atoms with Crippen molar-refractivity contribution in [2.24, 2.45) is 0 Å². The van der Waals surface area contributed by atoms with Crippen molar-refractivity contribution in [1.29, 1.82) is 0 Å². The van der Waals surface area contributed by atoms with Gasteiger partial charge in [-0.15, -0.1) is 0 Å². The normalized spacial score (nSPS) is 20.0. The van der Waals surface area contributed by atoms with Gasteiger partial charge in [-0.3, -0.25) is 4.79 Å². The van der Waals surface area contributed by atoms with Crippen LogP contribution >= 0.6 is 0 Å². The van der Waals surface area contributed by atoms with Crippen LogP contribution in [-0.4, -0.2) is 54.0 Å². The summed E-state index contributed by atoms with van der Waals surface area (Å²) in [5, 5.41) is 17.8. The van der Waals surface area contributed by atoms with E-state index in [2.05, 4.69) is 10.5 Å². The average Bonchev–Trinajstić information content (AvgIpc) is 3.19. The number of nitrogens with one attached hydrogen (secondary N) is 1. The fourth-order valence-corrected chi connectivity index (χ4v) is 3.39. The van der Waals surface area contributed by atoms with Crippen LogP contribution < -0.4 is 14.8 Å². The Hall–Kier alpha value is -2.58. The topological polar surface area (TPSA) is 97.1 Å². The highest BCUT2D eigenvalue weighted by Crippen LogP contribution is 2.33. The van der Waals surface area contributed by atoms with E-state index in [1.165, 1.54) is 6.26 Å². The number of ether oxygens (including phenoxy) is 2. The zero-order chi connectivity index (χ0) is 19.3. The number of hydrogen-bond acceptors (Lipinski definition) is 7. The van der Waals surface area contributed by atoms with Crippen LogP contribution in [0.25, 0.3) is 0 Å². The standard InChI is InChI=1S/C19H25N3O5/c1-25-16-6-3-5-14(17(16)26-2)12-22-9-4-8-19(24,18(22)23)13-20-11-15-7-10-27-21-15/h3,5-7,10,20,24H,4,8-9,11-13H2,1-2H3. The quantitative estimate of drug-likeness (QED) is 0.718. The number of piperidine rings is 1. The molecule has 1 aliphatic rings. The maximum Gasteiger partial charge on any atom is 0.256 e. The summed E-state index contributed by atoms with van der Waals surface area (Å²) < 4.78 is 15.5. The van der Waals surface area contributed by atoms with Crippen molar-refractivity contribution in [2.75, 3.05) is 27.3 Å². The first-order valence-electron chi connectivity index (χ1n) is 8.89. The van der Waals surface area contributed by atoms with E-state index in [9.17, 15) is 9.90 Å². The van der Waals surface area contributed by atoms with Gasteiger partial charge in [-0.1, -0.05) is 17.3 Å². The molecule has 2 heterocycles. The molecule has 1 aromatic carbocycles. The van der Waals surface area contributed by atoms with Crippen LogP contribution in [0, 0.1) is 0 Å². The molecule has 27 heavy (non-hydrogen) atoms. The number of aliphatic hydroxyl groups is 1. The number of carbonyl (C=O) groups is 1. The summed E-state index contributed by atoms with van der Waals surface area (Å²) in [6.07, 6.45) is 2.63. The van der Waals surface area contributed by atoms with E-state index in [0.717, 1.165) is 17.7 Å². The van der Waals surface area contributed by atoms with Crippen LogP contribution in [-0.2, 0) is 17.9 Å². The van der Waals surface area contributed by atoms with Gasteiger partial charge in [0.25, 0.3) is 5.91 Å². The van der Waals surface area contributed by atoms with E-state index < -0.39 is 5.60 Å². The van der Waals surface area contributed by atoms with Gasteiger partial charge in [-0.2, -0.15) is 0 Å².